The number of aromatic nitrogens is 2. The second-order valence-corrected chi connectivity index (χ2v) is 8.68. The minimum Gasteiger partial charge on any atom is -0.383 e. The lowest BCUT2D eigenvalue weighted by Crippen LogP contribution is -2.14. The number of nitrogens with one attached hydrogen (secondary N) is 1. The Morgan fingerprint density at radius 2 is 2.15 bits per heavy atom. The Bertz CT molecular complexity index is 1040. The molecule has 4 rings (SSSR count). The highest BCUT2D eigenvalue weighted by atomic mass is 35.5. The molecule has 9 heteroatoms. The number of carbonyl (C=O) groups is 1. The quantitative estimate of drug-likeness (QED) is 0.471. The Balaban J connectivity index is 1.47. The van der Waals surface area contributed by atoms with Gasteiger partial charge in [0.1, 0.15) is 16.5 Å². The van der Waals surface area contributed by atoms with Gasteiger partial charge in [-0.1, -0.05) is 23.4 Å². The van der Waals surface area contributed by atoms with Crippen molar-refractivity contribution in [2.45, 2.75) is 30.8 Å². The van der Waals surface area contributed by atoms with E-state index in [4.69, 9.17) is 17.3 Å². The van der Waals surface area contributed by atoms with Gasteiger partial charge in [0.2, 0.25) is 5.91 Å². The van der Waals surface area contributed by atoms with E-state index in [-0.39, 0.29) is 16.7 Å². The van der Waals surface area contributed by atoms with Gasteiger partial charge in [0.15, 0.2) is 5.16 Å². The van der Waals surface area contributed by atoms with Gasteiger partial charge in [-0.3, -0.25) is 4.79 Å². The van der Waals surface area contributed by atoms with Crippen LogP contribution in [0.2, 0.25) is 5.02 Å². The molecule has 0 spiro atoms. The third-order valence-corrected chi connectivity index (χ3v) is 6.68. The molecule has 140 valence electrons. The molecule has 3 N–H and O–H groups in total. The number of rotatable bonds is 4. The predicted octanol–water partition coefficient (Wildman–Crippen LogP) is 4.68. The monoisotopic (exact) mass is 422 g/mol. The second kappa shape index (κ2) is 7.61. The maximum atomic E-state index is 13.2. The van der Waals surface area contributed by atoms with Crippen molar-refractivity contribution in [1.29, 1.82) is 0 Å². The zero-order valence-electron chi connectivity index (χ0n) is 14.2. The first-order chi connectivity index (χ1) is 13.0. The van der Waals surface area contributed by atoms with Crippen molar-refractivity contribution in [1.82, 2.24) is 9.97 Å². The highest BCUT2D eigenvalue weighted by Gasteiger charge is 2.20. The summed E-state index contributed by atoms with van der Waals surface area (Å²) in [6.07, 6.45) is 4.46. The molecule has 0 fully saturated rings. The van der Waals surface area contributed by atoms with Gasteiger partial charge in [-0.25, -0.2) is 14.4 Å². The first-order valence-corrected chi connectivity index (χ1v) is 10.6. The average Bonchev–Trinajstić information content (AvgIpc) is 3.02. The molecule has 1 aromatic carbocycles. The van der Waals surface area contributed by atoms with E-state index in [9.17, 15) is 9.18 Å². The van der Waals surface area contributed by atoms with Crippen molar-refractivity contribution in [3.8, 4) is 0 Å². The number of anilines is 2. The zero-order valence-corrected chi connectivity index (χ0v) is 16.6. The first-order valence-electron chi connectivity index (χ1n) is 8.46. The number of halogens is 2. The molecule has 0 radical (unpaired) electrons. The molecule has 0 unspecified atom stereocenters. The Morgan fingerprint density at radius 1 is 1.33 bits per heavy atom. The molecule has 2 aromatic heterocycles. The van der Waals surface area contributed by atoms with Gasteiger partial charge in [-0.15, -0.1) is 11.3 Å². The number of aryl methyl sites for hydroxylation is 2. The Morgan fingerprint density at radius 3 is 2.96 bits per heavy atom. The van der Waals surface area contributed by atoms with E-state index in [1.165, 1.54) is 53.2 Å². The van der Waals surface area contributed by atoms with Gasteiger partial charge >= 0.3 is 0 Å². The molecule has 0 aliphatic heterocycles. The first kappa shape index (κ1) is 18.5. The number of nitrogens with zero attached hydrogens (tertiary/aromatic N) is 2. The molecule has 27 heavy (non-hydrogen) atoms. The van der Waals surface area contributed by atoms with Gasteiger partial charge in [0, 0.05) is 10.6 Å². The fourth-order valence-electron chi connectivity index (χ4n) is 3.13. The van der Waals surface area contributed by atoms with Crippen LogP contribution in [0.1, 0.15) is 23.3 Å². The molecular formula is C18H16ClFN4OS2. The molecule has 3 aromatic rings. The largest absolute Gasteiger partial charge is 0.383 e. The summed E-state index contributed by atoms with van der Waals surface area (Å²) in [7, 11) is 0. The number of hydrogen-bond donors (Lipinski definition) is 2. The Hall–Kier alpha value is -1.90. The Labute approximate surface area is 168 Å². The van der Waals surface area contributed by atoms with Crippen LogP contribution in [0.5, 0.6) is 0 Å². The summed E-state index contributed by atoms with van der Waals surface area (Å²) in [4.78, 5) is 23.3. The molecule has 2 heterocycles. The van der Waals surface area contributed by atoms with E-state index in [0.29, 0.717) is 16.7 Å². The normalized spacial score (nSPS) is 13.6. The van der Waals surface area contributed by atoms with E-state index in [1.807, 2.05) is 0 Å². The zero-order chi connectivity index (χ0) is 19.0. The Kier molecular flexibility index (Phi) is 5.21. The van der Waals surface area contributed by atoms with Crippen molar-refractivity contribution in [3.63, 3.8) is 0 Å². The molecule has 1 aliphatic carbocycles. The SMILES string of the molecule is Nc1nc(SCC(=O)Nc2ccc(F)c(Cl)c2)nc2sc3c(c12)CCCC3. The lowest BCUT2D eigenvalue weighted by atomic mass is 9.97. The third kappa shape index (κ3) is 3.88. The summed E-state index contributed by atoms with van der Waals surface area (Å²) >= 11 is 8.61. The summed E-state index contributed by atoms with van der Waals surface area (Å²) in [5.74, 6) is -0.187. The van der Waals surface area contributed by atoms with Crippen LogP contribution in [0.4, 0.5) is 15.9 Å². The van der Waals surface area contributed by atoms with E-state index in [0.717, 1.165) is 23.1 Å². The fraction of sp³-hybridized carbons (Fsp3) is 0.278. The lowest BCUT2D eigenvalue weighted by Gasteiger charge is -2.10. The number of benzene rings is 1. The molecule has 0 saturated carbocycles. The smallest absolute Gasteiger partial charge is 0.234 e. The summed E-state index contributed by atoms with van der Waals surface area (Å²) < 4.78 is 13.2. The van der Waals surface area contributed by atoms with Gasteiger partial charge in [-0.05, 0) is 49.4 Å². The number of thiophene rings is 1. The highest BCUT2D eigenvalue weighted by Crippen LogP contribution is 2.38. The fourth-order valence-corrected chi connectivity index (χ4v) is 5.29. The molecule has 0 atom stereocenters. The van der Waals surface area contributed by atoms with E-state index < -0.39 is 5.82 Å². The minimum absolute atomic E-state index is 0.0383. The van der Waals surface area contributed by atoms with Crippen molar-refractivity contribution in [2.24, 2.45) is 0 Å². The van der Waals surface area contributed by atoms with Gasteiger partial charge < -0.3 is 11.1 Å². The number of nitrogens with two attached hydrogens (primary N) is 1. The number of fused-ring (bicyclic) bond motifs is 3. The number of thioether (sulfide) groups is 1. The van der Waals surface area contributed by atoms with Crippen LogP contribution >= 0.6 is 34.7 Å². The number of hydrogen-bond acceptors (Lipinski definition) is 6. The molecule has 1 amide bonds. The summed E-state index contributed by atoms with van der Waals surface area (Å²) in [6, 6.07) is 4.04. The van der Waals surface area contributed by atoms with Crippen LogP contribution in [-0.4, -0.2) is 21.6 Å². The van der Waals surface area contributed by atoms with Crippen molar-refractivity contribution in [2.75, 3.05) is 16.8 Å². The van der Waals surface area contributed by atoms with Crippen molar-refractivity contribution in [3.05, 3.63) is 39.5 Å². The number of nitrogen functional groups attached to an aromatic ring is 1. The van der Waals surface area contributed by atoms with Crippen molar-refractivity contribution >= 4 is 62.3 Å². The summed E-state index contributed by atoms with van der Waals surface area (Å²) in [5, 5.41) is 4.09. The standard InChI is InChI=1S/C18H16ClFN4OS2/c19-11-7-9(5-6-12(11)20)22-14(25)8-26-18-23-16(21)15-10-3-1-2-4-13(10)27-17(15)24-18/h5-7H,1-4,8H2,(H,22,25)(H2,21,23,24). The second-order valence-electron chi connectivity index (χ2n) is 6.25. The lowest BCUT2D eigenvalue weighted by molar-refractivity contribution is -0.113. The van der Waals surface area contributed by atoms with Crippen LogP contribution in [0.25, 0.3) is 10.2 Å². The molecule has 0 saturated heterocycles. The summed E-state index contributed by atoms with van der Waals surface area (Å²) in [6.45, 7) is 0. The number of carbonyl (C=O) groups excluding carboxylic acids is 1. The van der Waals surface area contributed by atoms with Crippen LogP contribution < -0.4 is 11.1 Å². The average molecular weight is 423 g/mol. The third-order valence-electron chi connectivity index (χ3n) is 4.36. The minimum atomic E-state index is -0.528. The number of amides is 1. The van der Waals surface area contributed by atoms with Crippen LogP contribution in [0, 0.1) is 5.82 Å². The van der Waals surface area contributed by atoms with Crippen LogP contribution in [-0.2, 0) is 17.6 Å². The maximum absolute atomic E-state index is 13.2. The van der Waals surface area contributed by atoms with Gasteiger partial charge in [-0.2, -0.15) is 0 Å². The van der Waals surface area contributed by atoms with E-state index in [1.54, 1.807) is 11.3 Å². The molecular weight excluding hydrogens is 407 g/mol. The summed E-state index contributed by atoms with van der Waals surface area (Å²) in [5.41, 5.74) is 7.91. The van der Waals surface area contributed by atoms with Gasteiger partial charge in [0.25, 0.3) is 0 Å². The highest BCUT2D eigenvalue weighted by molar-refractivity contribution is 7.99. The van der Waals surface area contributed by atoms with Crippen molar-refractivity contribution < 1.29 is 9.18 Å². The molecule has 1 aliphatic rings. The molecule has 0 bridgehead atoms. The van der Waals surface area contributed by atoms with E-state index in [2.05, 4.69) is 15.3 Å². The predicted molar refractivity (Wildman–Crippen MR) is 109 cm³/mol. The maximum Gasteiger partial charge on any atom is 0.234 e. The van der Waals surface area contributed by atoms with Crippen LogP contribution in [0.15, 0.2) is 23.4 Å². The topological polar surface area (TPSA) is 80.9 Å². The van der Waals surface area contributed by atoms with Gasteiger partial charge in [0.05, 0.1) is 16.2 Å². The van der Waals surface area contributed by atoms with E-state index >= 15 is 0 Å². The molecule has 5 nitrogen and oxygen atoms in total. The van der Waals surface area contributed by atoms with Crippen LogP contribution in [0.3, 0.4) is 0 Å².